The van der Waals surface area contributed by atoms with Gasteiger partial charge in [-0.2, -0.15) is 5.10 Å². The molecule has 25 heavy (non-hydrogen) atoms. The lowest BCUT2D eigenvalue weighted by Crippen LogP contribution is -2.66. The van der Waals surface area contributed by atoms with Crippen LogP contribution >= 0.6 is 0 Å². The maximum Gasteiger partial charge on any atom is 0.0765 e. The summed E-state index contributed by atoms with van der Waals surface area (Å²) in [5.41, 5.74) is 3.76. The Morgan fingerprint density at radius 3 is 3.00 bits per heavy atom. The molecule has 2 saturated heterocycles. The van der Waals surface area contributed by atoms with Gasteiger partial charge >= 0.3 is 0 Å². The van der Waals surface area contributed by atoms with Crippen molar-refractivity contribution in [2.24, 2.45) is 5.92 Å². The first-order chi connectivity index (χ1) is 12.1. The van der Waals surface area contributed by atoms with Crippen LogP contribution in [0.15, 0.2) is 30.6 Å². The van der Waals surface area contributed by atoms with E-state index in [1.54, 1.807) is 6.20 Å². The van der Waals surface area contributed by atoms with E-state index in [0.29, 0.717) is 18.1 Å². The van der Waals surface area contributed by atoms with Gasteiger partial charge in [0.2, 0.25) is 0 Å². The molecule has 2 aromatic rings. The van der Waals surface area contributed by atoms with Crippen LogP contribution in [0.4, 0.5) is 0 Å². The van der Waals surface area contributed by atoms with Gasteiger partial charge in [-0.25, -0.2) is 0 Å². The Kier molecular flexibility index (Phi) is 4.58. The molecule has 2 fully saturated rings. The minimum atomic E-state index is 0.341. The number of hydrogen-bond donors (Lipinski definition) is 1. The van der Waals surface area contributed by atoms with Gasteiger partial charge in [0.1, 0.15) is 0 Å². The third-order valence-corrected chi connectivity index (χ3v) is 5.54. The lowest BCUT2D eigenvalue weighted by Gasteiger charge is -2.52. The van der Waals surface area contributed by atoms with Crippen LogP contribution in [0.2, 0.25) is 0 Å². The summed E-state index contributed by atoms with van der Waals surface area (Å²) < 4.78 is 5.94. The van der Waals surface area contributed by atoms with Gasteiger partial charge in [0, 0.05) is 49.8 Å². The predicted octanol–water partition coefficient (Wildman–Crippen LogP) is 1.84. The van der Waals surface area contributed by atoms with Crippen molar-refractivity contribution in [1.82, 2.24) is 25.0 Å². The Labute approximate surface area is 149 Å². The number of ether oxygens (including phenoxy) is 1. The van der Waals surface area contributed by atoms with Gasteiger partial charge in [0.05, 0.1) is 18.9 Å². The zero-order valence-corrected chi connectivity index (χ0v) is 15.1. The monoisotopic (exact) mass is 341 g/mol. The fourth-order valence-corrected chi connectivity index (χ4v) is 4.33. The fraction of sp³-hybridized carbons (Fsp3) is 0.579. The topological polar surface area (TPSA) is 57.3 Å². The number of aromatic nitrogens is 3. The Bertz CT molecular complexity index is 695. The van der Waals surface area contributed by atoms with E-state index in [-0.39, 0.29) is 0 Å². The molecular formula is C19H27N5O. The lowest BCUT2D eigenvalue weighted by molar-refractivity contribution is -0.0233. The van der Waals surface area contributed by atoms with Crippen LogP contribution in [0, 0.1) is 12.8 Å². The highest BCUT2D eigenvalue weighted by Crippen LogP contribution is 2.39. The van der Waals surface area contributed by atoms with Crippen LogP contribution in [-0.4, -0.2) is 63.8 Å². The quantitative estimate of drug-likeness (QED) is 0.869. The van der Waals surface area contributed by atoms with Crippen molar-refractivity contribution in [1.29, 1.82) is 0 Å². The summed E-state index contributed by atoms with van der Waals surface area (Å²) >= 11 is 0. The van der Waals surface area contributed by atoms with Crippen molar-refractivity contribution in [2.45, 2.75) is 32.0 Å². The first kappa shape index (κ1) is 16.7. The summed E-state index contributed by atoms with van der Waals surface area (Å²) in [5.74, 6) is 0.622. The summed E-state index contributed by atoms with van der Waals surface area (Å²) in [6.07, 6.45) is 4.90. The van der Waals surface area contributed by atoms with Gasteiger partial charge in [-0.3, -0.25) is 19.9 Å². The standard InChI is InChI=1S/C19H27N5O/c1-15-6-18(22-21-15)10-24-13-19(14-24)7-17(9-23(19)2)12-25-11-16-4-3-5-20-8-16/h3-6,8,17H,7,9-14H2,1-2H3,(H,21,22). The second-order valence-electron chi connectivity index (χ2n) is 7.74. The minimum absolute atomic E-state index is 0.341. The zero-order chi connectivity index (χ0) is 17.3. The number of pyridine rings is 1. The summed E-state index contributed by atoms with van der Waals surface area (Å²) in [6, 6.07) is 6.16. The smallest absolute Gasteiger partial charge is 0.0765 e. The molecule has 2 aliphatic heterocycles. The average molecular weight is 341 g/mol. The molecule has 4 rings (SSSR count). The normalized spacial score (nSPS) is 23.2. The van der Waals surface area contributed by atoms with E-state index in [9.17, 15) is 0 Å². The van der Waals surface area contributed by atoms with E-state index in [0.717, 1.165) is 49.7 Å². The number of nitrogens with one attached hydrogen (secondary N) is 1. The third kappa shape index (κ3) is 3.61. The van der Waals surface area contributed by atoms with Crippen LogP contribution in [0.3, 0.4) is 0 Å². The van der Waals surface area contributed by atoms with Crippen molar-refractivity contribution in [3.8, 4) is 0 Å². The highest BCUT2D eigenvalue weighted by atomic mass is 16.5. The largest absolute Gasteiger partial charge is 0.376 e. The number of aromatic amines is 1. The summed E-state index contributed by atoms with van der Waals surface area (Å²) in [6.45, 7) is 7.88. The van der Waals surface area contributed by atoms with Crippen LogP contribution in [0.1, 0.15) is 23.4 Å². The number of H-pyrrole nitrogens is 1. The molecule has 1 spiro atoms. The first-order valence-electron chi connectivity index (χ1n) is 9.04. The Hall–Kier alpha value is -1.76. The van der Waals surface area contributed by atoms with Crippen LogP contribution in [0.5, 0.6) is 0 Å². The highest BCUT2D eigenvalue weighted by molar-refractivity contribution is 5.12. The van der Waals surface area contributed by atoms with E-state index in [1.807, 2.05) is 12.3 Å². The maximum atomic E-state index is 5.94. The minimum Gasteiger partial charge on any atom is -0.376 e. The molecule has 0 amide bonds. The van der Waals surface area contributed by atoms with Crippen molar-refractivity contribution >= 4 is 0 Å². The van der Waals surface area contributed by atoms with Gasteiger partial charge < -0.3 is 4.74 Å². The van der Waals surface area contributed by atoms with E-state index < -0.39 is 0 Å². The number of nitrogens with zero attached hydrogens (tertiary/aromatic N) is 4. The predicted molar refractivity (Wildman–Crippen MR) is 96.0 cm³/mol. The molecule has 6 heteroatoms. The lowest BCUT2D eigenvalue weighted by atomic mass is 9.84. The second-order valence-corrected chi connectivity index (χ2v) is 7.74. The molecule has 1 atom stereocenters. The highest BCUT2D eigenvalue weighted by Gasteiger charge is 2.51. The summed E-state index contributed by atoms with van der Waals surface area (Å²) in [7, 11) is 2.26. The Morgan fingerprint density at radius 1 is 1.40 bits per heavy atom. The molecule has 0 radical (unpaired) electrons. The van der Waals surface area contributed by atoms with Gasteiger partial charge in [-0.15, -0.1) is 0 Å². The van der Waals surface area contributed by atoms with Crippen LogP contribution < -0.4 is 0 Å². The summed E-state index contributed by atoms with van der Waals surface area (Å²) in [4.78, 5) is 9.17. The number of hydrogen-bond acceptors (Lipinski definition) is 5. The molecule has 0 saturated carbocycles. The van der Waals surface area contributed by atoms with Gasteiger partial charge in [0.25, 0.3) is 0 Å². The molecule has 1 unspecified atom stereocenters. The van der Waals surface area contributed by atoms with Gasteiger partial charge in [-0.1, -0.05) is 6.07 Å². The van der Waals surface area contributed by atoms with Crippen molar-refractivity contribution in [3.63, 3.8) is 0 Å². The molecule has 2 aromatic heterocycles. The van der Waals surface area contributed by atoms with E-state index in [4.69, 9.17) is 4.74 Å². The molecule has 1 N–H and O–H groups in total. The average Bonchev–Trinajstić information content (AvgIpc) is 3.12. The summed E-state index contributed by atoms with van der Waals surface area (Å²) in [5, 5.41) is 7.38. The van der Waals surface area contributed by atoms with E-state index in [1.165, 1.54) is 6.42 Å². The van der Waals surface area contributed by atoms with Crippen LogP contribution in [-0.2, 0) is 17.9 Å². The second kappa shape index (κ2) is 6.86. The maximum absolute atomic E-state index is 5.94. The van der Waals surface area contributed by atoms with E-state index in [2.05, 4.69) is 51.1 Å². The Morgan fingerprint density at radius 2 is 2.28 bits per heavy atom. The molecular weight excluding hydrogens is 314 g/mol. The van der Waals surface area contributed by atoms with Gasteiger partial charge in [0.15, 0.2) is 0 Å². The van der Waals surface area contributed by atoms with E-state index >= 15 is 0 Å². The number of likely N-dealkylation sites (N-methyl/N-ethyl adjacent to an activating group) is 1. The van der Waals surface area contributed by atoms with Gasteiger partial charge in [-0.05, 0) is 44.0 Å². The zero-order valence-electron chi connectivity index (χ0n) is 15.1. The van der Waals surface area contributed by atoms with Crippen molar-refractivity contribution < 1.29 is 4.74 Å². The Balaban J connectivity index is 1.23. The molecule has 0 aliphatic carbocycles. The number of rotatable bonds is 6. The molecule has 6 nitrogen and oxygen atoms in total. The third-order valence-electron chi connectivity index (χ3n) is 5.54. The number of aryl methyl sites for hydroxylation is 1. The van der Waals surface area contributed by atoms with Crippen molar-refractivity contribution in [2.75, 3.05) is 33.3 Å². The molecule has 2 aliphatic rings. The fourth-order valence-electron chi connectivity index (χ4n) is 4.33. The molecule has 4 heterocycles. The van der Waals surface area contributed by atoms with Crippen molar-refractivity contribution in [3.05, 3.63) is 47.5 Å². The van der Waals surface area contributed by atoms with Crippen LogP contribution in [0.25, 0.3) is 0 Å². The molecule has 0 bridgehead atoms. The molecule has 0 aromatic carbocycles. The SMILES string of the molecule is Cc1cc(CN2CC3(CC(COCc4cccnc4)CN3C)C2)n[nH]1. The first-order valence-corrected chi connectivity index (χ1v) is 9.04. The number of likely N-dealkylation sites (tertiary alicyclic amines) is 2. The molecule has 134 valence electrons.